The Morgan fingerprint density at radius 1 is 0.634 bits per heavy atom. The van der Waals surface area contributed by atoms with Crippen LogP contribution in [0.5, 0.6) is 17.2 Å². The number of hydrogen-bond donors (Lipinski definition) is 3. The van der Waals surface area contributed by atoms with Crippen LogP contribution in [-0.4, -0.2) is 44.1 Å². The second kappa shape index (κ2) is 11.8. The van der Waals surface area contributed by atoms with Gasteiger partial charge in [0.05, 0.1) is 27.2 Å². The smallest absolute Gasteiger partial charge is 0.344 e. The molecule has 0 unspecified atom stereocenters. The number of carboxylic acids is 2. The van der Waals surface area contributed by atoms with Crippen molar-refractivity contribution in [2.24, 2.45) is 0 Å². The van der Waals surface area contributed by atoms with Gasteiger partial charge in [-0.1, -0.05) is 24.3 Å². The molecule has 0 aliphatic rings. The fourth-order valence-electron chi connectivity index (χ4n) is 3.80. The van der Waals surface area contributed by atoms with Gasteiger partial charge in [0, 0.05) is 12.1 Å². The molecule has 12 heteroatoms. The van der Waals surface area contributed by atoms with Crippen LogP contribution in [0, 0.1) is 10.1 Å². The molecule has 0 aliphatic carbocycles. The van der Waals surface area contributed by atoms with Crippen molar-refractivity contribution >= 4 is 29.6 Å². The van der Waals surface area contributed by atoms with E-state index in [4.69, 9.17) is 9.47 Å². The van der Waals surface area contributed by atoms with Gasteiger partial charge in [0.15, 0.2) is 0 Å². The van der Waals surface area contributed by atoms with E-state index in [0.29, 0.717) is 6.42 Å². The van der Waals surface area contributed by atoms with E-state index in [1.807, 2.05) is 0 Å². The van der Waals surface area contributed by atoms with Crippen LogP contribution in [0.2, 0.25) is 0 Å². The first-order chi connectivity index (χ1) is 19.5. The molecule has 12 nitrogen and oxygen atoms in total. The number of phenolic OH excluding ortho intramolecular Hbond substituents is 1. The lowest BCUT2D eigenvalue weighted by Crippen LogP contribution is -2.14. The molecule has 0 saturated carbocycles. The van der Waals surface area contributed by atoms with Crippen molar-refractivity contribution in [1.82, 2.24) is 0 Å². The largest absolute Gasteiger partial charge is 0.508 e. The van der Waals surface area contributed by atoms with Gasteiger partial charge in [-0.05, 0) is 66.1 Å². The molecule has 4 aromatic carbocycles. The summed E-state index contributed by atoms with van der Waals surface area (Å²) in [6.07, 6.45) is 0.442. The molecule has 0 bridgehead atoms. The molecule has 0 saturated heterocycles. The summed E-state index contributed by atoms with van der Waals surface area (Å²) in [6, 6.07) is 18.8. The number of rotatable bonds is 9. The standard InChI is InChI=1S/C29H19NO11/c31-19-6-12-23(24(15-19)27(34)35)28(36)40-20-7-1-16(2-8-20)13-17-3-9-21(10-4-17)41-29(37)25-14-18(30(38)39)5-11-22(25)26(32)33/h1-12,14-15,31H,13H2,(H,32,33)(H,34,35). The second-order valence-corrected chi connectivity index (χ2v) is 8.57. The van der Waals surface area contributed by atoms with Crippen LogP contribution in [0.4, 0.5) is 5.69 Å². The molecule has 0 amide bonds. The van der Waals surface area contributed by atoms with E-state index in [1.165, 1.54) is 30.3 Å². The van der Waals surface area contributed by atoms with E-state index < -0.39 is 51.2 Å². The number of nitro benzene ring substituents is 1. The maximum atomic E-state index is 12.6. The number of carboxylic acid groups (broad SMARTS) is 2. The van der Waals surface area contributed by atoms with E-state index in [1.54, 1.807) is 24.3 Å². The van der Waals surface area contributed by atoms with Crippen molar-refractivity contribution < 1.29 is 48.9 Å². The van der Waals surface area contributed by atoms with Crippen molar-refractivity contribution in [1.29, 1.82) is 0 Å². The van der Waals surface area contributed by atoms with Gasteiger partial charge in [-0.25, -0.2) is 19.2 Å². The summed E-state index contributed by atoms with van der Waals surface area (Å²) in [4.78, 5) is 58.1. The maximum Gasteiger partial charge on any atom is 0.344 e. The third kappa shape index (κ3) is 6.70. The third-order valence-corrected chi connectivity index (χ3v) is 5.79. The number of nitrogens with zero attached hydrogens (tertiary/aromatic N) is 1. The van der Waals surface area contributed by atoms with E-state index in [0.717, 1.165) is 41.5 Å². The molecule has 41 heavy (non-hydrogen) atoms. The molecule has 0 aromatic heterocycles. The van der Waals surface area contributed by atoms with Crippen LogP contribution >= 0.6 is 0 Å². The van der Waals surface area contributed by atoms with Gasteiger partial charge in [0.25, 0.3) is 5.69 Å². The van der Waals surface area contributed by atoms with Crippen LogP contribution in [0.15, 0.2) is 84.9 Å². The zero-order chi connectivity index (χ0) is 29.7. The normalized spacial score (nSPS) is 10.4. The van der Waals surface area contributed by atoms with E-state index in [2.05, 4.69) is 0 Å². The highest BCUT2D eigenvalue weighted by Gasteiger charge is 2.22. The molecular formula is C29H19NO11. The monoisotopic (exact) mass is 557 g/mol. The molecule has 0 spiro atoms. The Labute approximate surface area is 230 Å². The van der Waals surface area contributed by atoms with Gasteiger partial charge in [-0.3, -0.25) is 10.1 Å². The lowest BCUT2D eigenvalue weighted by atomic mass is 10.0. The maximum absolute atomic E-state index is 12.6. The Morgan fingerprint density at radius 3 is 1.61 bits per heavy atom. The van der Waals surface area contributed by atoms with E-state index >= 15 is 0 Å². The van der Waals surface area contributed by atoms with Crippen LogP contribution < -0.4 is 9.47 Å². The van der Waals surface area contributed by atoms with Gasteiger partial charge in [0.1, 0.15) is 17.2 Å². The van der Waals surface area contributed by atoms with Gasteiger partial charge < -0.3 is 24.8 Å². The summed E-state index contributed by atoms with van der Waals surface area (Å²) in [5.41, 5.74) is -0.321. The first-order valence-electron chi connectivity index (χ1n) is 11.7. The molecule has 3 N–H and O–H groups in total. The van der Waals surface area contributed by atoms with Crippen molar-refractivity contribution in [3.63, 3.8) is 0 Å². The fraction of sp³-hybridized carbons (Fsp3) is 0.0345. The summed E-state index contributed by atoms with van der Waals surface area (Å²) in [5, 5.41) is 39.1. The number of esters is 2. The predicted octanol–water partition coefficient (Wildman–Crippen LogP) is 4.73. The number of hydrogen-bond acceptors (Lipinski definition) is 9. The molecule has 0 aliphatic heterocycles. The van der Waals surface area contributed by atoms with E-state index in [-0.39, 0.29) is 22.8 Å². The first kappa shape index (κ1) is 28.0. The highest BCUT2D eigenvalue weighted by molar-refractivity contribution is 6.04. The number of benzene rings is 4. The summed E-state index contributed by atoms with van der Waals surface area (Å²) in [7, 11) is 0. The lowest BCUT2D eigenvalue weighted by molar-refractivity contribution is -0.384. The van der Waals surface area contributed by atoms with Crippen LogP contribution in [-0.2, 0) is 6.42 Å². The van der Waals surface area contributed by atoms with Crippen LogP contribution in [0.3, 0.4) is 0 Å². The van der Waals surface area contributed by atoms with Gasteiger partial charge in [0.2, 0.25) is 0 Å². The van der Waals surface area contributed by atoms with Crippen LogP contribution in [0.1, 0.15) is 52.6 Å². The minimum Gasteiger partial charge on any atom is -0.508 e. The second-order valence-electron chi connectivity index (χ2n) is 8.57. The summed E-state index contributed by atoms with van der Waals surface area (Å²) in [5.74, 6) is -4.82. The minimum atomic E-state index is -1.44. The third-order valence-electron chi connectivity index (χ3n) is 5.79. The number of carbonyl (C=O) groups is 4. The van der Waals surface area contributed by atoms with Crippen molar-refractivity contribution in [2.75, 3.05) is 0 Å². The van der Waals surface area contributed by atoms with Crippen molar-refractivity contribution in [3.8, 4) is 17.2 Å². The summed E-state index contributed by atoms with van der Waals surface area (Å²) < 4.78 is 10.5. The Kier molecular flexibility index (Phi) is 8.04. The molecule has 4 aromatic rings. The quantitative estimate of drug-likeness (QED) is 0.112. The minimum absolute atomic E-state index is 0.0961. The molecule has 0 heterocycles. The van der Waals surface area contributed by atoms with Crippen molar-refractivity contribution in [3.05, 3.63) is 128 Å². The first-order valence-corrected chi connectivity index (χ1v) is 11.7. The predicted molar refractivity (Wildman–Crippen MR) is 141 cm³/mol. The number of non-ortho nitro benzene ring substituents is 1. The number of phenols is 1. The highest BCUT2D eigenvalue weighted by Crippen LogP contribution is 2.23. The zero-order valence-corrected chi connectivity index (χ0v) is 20.8. The molecular weight excluding hydrogens is 538 g/mol. The Morgan fingerprint density at radius 2 is 1.12 bits per heavy atom. The Bertz CT molecular complexity index is 1680. The Balaban J connectivity index is 1.40. The number of aromatic hydroxyl groups is 1. The lowest BCUT2D eigenvalue weighted by Gasteiger charge is -2.09. The Hall–Kier alpha value is -6.04. The molecule has 0 fully saturated rings. The van der Waals surface area contributed by atoms with Gasteiger partial charge >= 0.3 is 23.9 Å². The van der Waals surface area contributed by atoms with Gasteiger partial charge in [-0.2, -0.15) is 0 Å². The number of nitro groups is 1. The molecule has 206 valence electrons. The SMILES string of the molecule is O=C(O)c1cc(O)ccc1C(=O)Oc1ccc(Cc2ccc(OC(=O)c3cc([N+](=O)[O-])ccc3C(=O)O)cc2)cc1. The number of ether oxygens (including phenoxy) is 2. The average Bonchev–Trinajstić information content (AvgIpc) is 2.94. The van der Waals surface area contributed by atoms with Crippen molar-refractivity contribution in [2.45, 2.75) is 6.42 Å². The molecule has 0 atom stereocenters. The number of carbonyl (C=O) groups excluding carboxylic acids is 2. The molecule has 4 rings (SSSR count). The average molecular weight is 557 g/mol. The summed E-state index contributed by atoms with van der Waals surface area (Å²) in [6.45, 7) is 0. The zero-order valence-electron chi connectivity index (χ0n) is 20.8. The fourth-order valence-corrected chi connectivity index (χ4v) is 3.80. The number of aromatic carboxylic acids is 2. The van der Waals surface area contributed by atoms with Gasteiger partial charge in [-0.15, -0.1) is 0 Å². The topological polar surface area (TPSA) is 191 Å². The summed E-state index contributed by atoms with van der Waals surface area (Å²) >= 11 is 0. The van der Waals surface area contributed by atoms with Crippen LogP contribution in [0.25, 0.3) is 0 Å². The highest BCUT2D eigenvalue weighted by atomic mass is 16.6. The van der Waals surface area contributed by atoms with E-state index in [9.17, 15) is 44.6 Å². The molecule has 0 radical (unpaired) electrons.